The lowest BCUT2D eigenvalue weighted by molar-refractivity contribution is 0.137. The van der Waals surface area contributed by atoms with Gasteiger partial charge in [-0.3, -0.25) is 9.98 Å². The quantitative estimate of drug-likeness (QED) is 0.748. The van der Waals surface area contributed by atoms with Crippen LogP contribution in [0.4, 0.5) is 4.79 Å². The van der Waals surface area contributed by atoms with Crippen LogP contribution in [0.1, 0.15) is 12.8 Å². The van der Waals surface area contributed by atoms with Crippen LogP contribution in [0.3, 0.4) is 0 Å². The molecular weight excluding hydrogens is 216 g/mol. The Labute approximate surface area is 92.4 Å². The molecule has 0 aromatic heterocycles. The summed E-state index contributed by atoms with van der Waals surface area (Å²) in [6, 6.07) is 0. The van der Waals surface area contributed by atoms with Crippen LogP contribution in [0.25, 0.3) is 0 Å². The van der Waals surface area contributed by atoms with Crippen molar-refractivity contribution in [1.29, 1.82) is 0 Å². The molecule has 0 aromatic carbocycles. The van der Waals surface area contributed by atoms with Crippen LogP contribution in [0, 0.1) is 0 Å². The molecule has 2 aliphatic rings. The number of ether oxygens (including phenoxy) is 2. The Morgan fingerprint density at radius 3 is 1.69 bits per heavy atom. The minimum Gasteiger partial charge on any atom is -0.479 e. The highest BCUT2D eigenvalue weighted by molar-refractivity contribution is 5.84. The van der Waals surface area contributed by atoms with Gasteiger partial charge in [0, 0.05) is 12.8 Å². The average molecular weight is 230 g/mol. The molecular formula is C9H14N2O5. The maximum atomic E-state index is 8.56. The monoisotopic (exact) mass is 230 g/mol. The molecule has 0 saturated heterocycles. The van der Waals surface area contributed by atoms with Gasteiger partial charge in [0.25, 0.3) is 0 Å². The molecule has 0 unspecified atom stereocenters. The van der Waals surface area contributed by atoms with Gasteiger partial charge in [0.2, 0.25) is 0 Å². The molecule has 2 N–H and O–H groups in total. The lowest BCUT2D eigenvalue weighted by atomic mass is 10.3. The predicted octanol–water partition coefficient (Wildman–Crippen LogP) is 0.846. The maximum absolute atomic E-state index is 8.56. The summed E-state index contributed by atoms with van der Waals surface area (Å²) >= 11 is 0. The van der Waals surface area contributed by atoms with E-state index in [0.717, 1.165) is 50.9 Å². The van der Waals surface area contributed by atoms with E-state index in [2.05, 4.69) is 9.98 Å². The molecule has 2 heterocycles. The third kappa shape index (κ3) is 5.18. The van der Waals surface area contributed by atoms with E-state index < -0.39 is 6.16 Å². The lowest BCUT2D eigenvalue weighted by Gasteiger charge is -2.01. The van der Waals surface area contributed by atoms with E-state index in [1.165, 1.54) is 0 Å². The van der Waals surface area contributed by atoms with Crippen molar-refractivity contribution < 1.29 is 24.5 Å². The zero-order valence-corrected chi connectivity index (χ0v) is 8.76. The van der Waals surface area contributed by atoms with Crippen LogP contribution in [-0.2, 0) is 9.47 Å². The zero-order chi connectivity index (χ0) is 11.8. The van der Waals surface area contributed by atoms with Gasteiger partial charge in [0.05, 0.1) is 13.1 Å². The molecule has 0 saturated carbocycles. The molecule has 0 aliphatic carbocycles. The average Bonchev–Trinajstić information content (AvgIpc) is 2.87. The molecule has 0 aromatic rings. The smallest absolute Gasteiger partial charge is 0.479 e. The third-order valence-electron chi connectivity index (χ3n) is 1.85. The lowest BCUT2D eigenvalue weighted by Crippen LogP contribution is -2.04. The van der Waals surface area contributed by atoms with Crippen molar-refractivity contribution in [2.24, 2.45) is 9.98 Å². The number of rotatable bonds is 3. The van der Waals surface area contributed by atoms with E-state index >= 15 is 0 Å². The highest BCUT2D eigenvalue weighted by Crippen LogP contribution is 2.06. The Hall–Kier alpha value is -1.79. The van der Waals surface area contributed by atoms with Gasteiger partial charge in [-0.15, -0.1) is 0 Å². The van der Waals surface area contributed by atoms with Gasteiger partial charge in [0.15, 0.2) is 11.8 Å². The fourth-order valence-corrected chi connectivity index (χ4v) is 1.28. The van der Waals surface area contributed by atoms with E-state index in [-0.39, 0.29) is 0 Å². The Morgan fingerprint density at radius 1 is 1.06 bits per heavy atom. The zero-order valence-electron chi connectivity index (χ0n) is 8.76. The number of carboxylic acid groups (broad SMARTS) is 2. The Kier molecular flexibility index (Phi) is 5.10. The molecule has 0 bridgehead atoms. The molecule has 7 heteroatoms. The van der Waals surface area contributed by atoms with Gasteiger partial charge in [0.1, 0.15) is 13.2 Å². The summed E-state index contributed by atoms with van der Waals surface area (Å²) in [6.07, 6.45) is -0.169. The second kappa shape index (κ2) is 6.65. The highest BCUT2D eigenvalue weighted by Gasteiger charge is 2.11. The van der Waals surface area contributed by atoms with E-state index in [1.54, 1.807) is 0 Å². The first kappa shape index (κ1) is 12.3. The Balaban J connectivity index is 0.000000280. The van der Waals surface area contributed by atoms with E-state index in [0.29, 0.717) is 0 Å². The van der Waals surface area contributed by atoms with Crippen LogP contribution in [0.15, 0.2) is 9.98 Å². The largest absolute Gasteiger partial charge is 0.503 e. The summed E-state index contributed by atoms with van der Waals surface area (Å²) in [5, 5.41) is 13.9. The molecule has 2 rings (SSSR count). The molecule has 0 fully saturated rings. The Bertz CT molecular complexity index is 272. The van der Waals surface area contributed by atoms with E-state index in [9.17, 15) is 0 Å². The number of aliphatic imine (C=N–C) groups is 2. The topological polar surface area (TPSA) is 101 Å². The molecule has 0 radical (unpaired) electrons. The molecule has 7 nitrogen and oxygen atoms in total. The second-order valence-corrected chi connectivity index (χ2v) is 3.03. The number of hydrogen-bond donors (Lipinski definition) is 2. The fourth-order valence-electron chi connectivity index (χ4n) is 1.28. The van der Waals surface area contributed by atoms with Gasteiger partial charge >= 0.3 is 6.16 Å². The van der Waals surface area contributed by atoms with Gasteiger partial charge in [-0.05, 0) is 0 Å². The minimum atomic E-state index is -1.83. The molecule has 0 amide bonds. The van der Waals surface area contributed by atoms with Gasteiger partial charge in [-0.1, -0.05) is 0 Å². The molecule has 2 aliphatic heterocycles. The first-order valence-electron chi connectivity index (χ1n) is 4.92. The van der Waals surface area contributed by atoms with E-state index in [1.807, 2.05) is 0 Å². The van der Waals surface area contributed by atoms with Crippen molar-refractivity contribution in [3.8, 4) is 0 Å². The van der Waals surface area contributed by atoms with Crippen molar-refractivity contribution in [1.82, 2.24) is 0 Å². The predicted molar refractivity (Wildman–Crippen MR) is 56.4 cm³/mol. The van der Waals surface area contributed by atoms with Crippen molar-refractivity contribution in [2.45, 2.75) is 12.8 Å². The summed E-state index contributed by atoms with van der Waals surface area (Å²) in [7, 11) is 0. The number of hydrogen-bond acceptors (Lipinski definition) is 5. The SMILES string of the molecule is C1COC(CCC2=NCCO2)=N1.O=C(O)O. The van der Waals surface area contributed by atoms with Crippen LogP contribution in [0.5, 0.6) is 0 Å². The summed E-state index contributed by atoms with van der Waals surface area (Å²) in [4.78, 5) is 16.9. The summed E-state index contributed by atoms with van der Waals surface area (Å²) in [5.41, 5.74) is 0. The van der Waals surface area contributed by atoms with Crippen molar-refractivity contribution in [2.75, 3.05) is 26.3 Å². The summed E-state index contributed by atoms with van der Waals surface area (Å²) in [5.74, 6) is 1.71. The molecule has 0 atom stereocenters. The first-order chi connectivity index (χ1) is 7.68. The van der Waals surface area contributed by atoms with Crippen molar-refractivity contribution in [3.05, 3.63) is 0 Å². The molecule has 0 spiro atoms. The van der Waals surface area contributed by atoms with Crippen LogP contribution >= 0.6 is 0 Å². The van der Waals surface area contributed by atoms with Crippen LogP contribution < -0.4 is 0 Å². The maximum Gasteiger partial charge on any atom is 0.503 e. The number of carbonyl (C=O) groups is 1. The highest BCUT2D eigenvalue weighted by atomic mass is 16.6. The fraction of sp³-hybridized carbons (Fsp3) is 0.667. The first-order valence-corrected chi connectivity index (χ1v) is 4.92. The summed E-state index contributed by atoms with van der Waals surface area (Å²) in [6.45, 7) is 3.09. The van der Waals surface area contributed by atoms with Gasteiger partial charge in [-0.2, -0.15) is 0 Å². The number of nitrogens with zero attached hydrogens (tertiary/aromatic N) is 2. The standard InChI is InChI=1S/C8H12N2O2.CH2O3/c1(7-9-3-5-11-7)2-8-10-4-6-12-8;2-1(3)4/h1-6H2;(H2,2,3,4). The molecule has 16 heavy (non-hydrogen) atoms. The second-order valence-electron chi connectivity index (χ2n) is 3.03. The van der Waals surface area contributed by atoms with Crippen molar-refractivity contribution >= 4 is 18.0 Å². The third-order valence-corrected chi connectivity index (χ3v) is 1.85. The van der Waals surface area contributed by atoms with Gasteiger partial charge < -0.3 is 19.7 Å². The van der Waals surface area contributed by atoms with E-state index in [4.69, 9.17) is 24.5 Å². The summed E-state index contributed by atoms with van der Waals surface area (Å²) < 4.78 is 10.5. The molecule has 90 valence electrons. The van der Waals surface area contributed by atoms with Crippen molar-refractivity contribution in [3.63, 3.8) is 0 Å². The minimum absolute atomic E-state index is 0.739. The normalized spacial score (nSPS) is 17.5. The van der Waals surface area contributed by atoms with Crippen LogP contribution in [0.2, 0.25) is 0 Å². The van der Waals surface area contributed by atoms with Gasteiger partial charge in [-0.25, -0.2) is 4.79 Å². The van der Waals surface area contributed by atoms with Crippen LogP contribution in [-0.4, -0.2) is 54.5 Å². The Morgan fingerprint density at radius 2 is 1.44 bits per heavy atom.